The molecule has 180 valence electrons. The Hall–Kier alpha value is -3.87. The van der Waals surface area contributed by atoms with Gasteiger partial charge >= 0.3 is 0 Å². The van der Waals surface area contributed by atoms with Gasteiger partial charge in [0.1, 0.15) is 0 Å². The third-order valence-corrected chi connectivity index (χ3v) is 9.44. The fourth-order valence-electron chi connectivity index (χ4n) is 4.54. The SMILES string of the molecule is C=C/C=C1C=C(/C=C(/C=C\C)NC)c2ccccc2P(=O)(c2cccc(C3=CC=CCC=C3)c2)C/1=C. The number of likely N-dealkylation sites (N-methyl/N-ethyl adjacent to an activating group) is 1. The number of hydrogen-bond acceptors (Lipinski definition) is 2. The molecule has 1 N–H and O–H groups in total. The molecule has 2 aromatic rings. The van der Waals surface area contributed by atoms with Crippen LogP contribution in [0.25, 0.3) is 11.1 Å². The summed E-state index contributed by atoms with van der Waals surface area (Å²) < 4.78 is 15.3. The van der Waals surface area contributed by atoms with E-state index in [9.17, 15) is 0 Å². The summed E-state index contributed by atoms with van der Waals surface area (Å²) in [4.78, 5) is 0. The lowest BCUT2D eigenvalue weighted by Crippen LogP contribution is -2.20. The smallest absolute Gasteiger partial charge is 0.171 e. The first-order valence-corrected chi connectivity index (χ1v) is 13.8. The minimum atomic E-state index is -3.27. The van der Waals surface area contributed by atoms with Crippen molar-refractivity contribution in [2.75, 3.05) is 7.05 Å². The van der Waals surface area contributed by atoms with Crippen LogP contribution in [-0.4, -0.2) is 7.05 Å². The van der Waals surface area contributed by atoms with Crippen LogP contribution in [-0.2, 0) is 4.57 Å². The monoisotopic (exact) mass is 489 g/mol. The van der Waals surface area contributed by atoms with Crippen molar-refractivity contribution in [3.8, 4) is 0 Å². The average molecular weight is 490 g/mol. The van der Waals surface area contributed by atoms with E-state index in [1.807, 2.05) is 68.6 Å². The molecule has 1 atom stereocenters. The van der Waals surface area contributed by atoms with Gasteiger partial charge in [0.25, 0.3) is 0 Å². The predicted octanol–water partition coefficient (Wildman–Crippen LogP) is 7.60. The summed E-state index contributed by atoms with van der Waals surface area (Å²) in [6.45, 7) is 10.3. The third kappa shape index (κ3) is 4.91. The molecule has 3 heteroatoms. The summed E-state index contributed by atoms with van der Waals surface area (Å²) in [7, 11) is -1.37. The molecule has 0 radical (unpaired) electrons. The van der Waals surface area contributed by atoms with Gasteiger partial charge in [-0.25, -0.2) is 0 Å². The second-order valence-corrected chi connectivity index (χ2v) is 11.4. The molecular formula is C33H32NOP. The van der Waals surface area contributed by atoms with E-state index in [4.69, 9.17) is 0 Å². The van der Waals surface area contributed by atoms with Gasteiger partial charge in [0.15, 0.2) is 7.14 Å². The normalized spacial score (nSPS) is 21.0. The van der Waals surface area contributed by atoms with Gasteiger partial charge in [-0.2, -0.15) is 0 Å². The molecule has 4 rings (SSSR count). The molecule has 36 heavy (non-hydrogen) atoms. The van der Waals surface area contributed by atoms with Gasteiger partial charge in [0.2, 0.25) is 0 Å². The fraction of sp³-hybridized carbons (Fsp3) is 0.0909. The molecule has 1 unspecified atom stereocenters. The number of allylic oxidation sites excluding steroid dienone is 15. The Balaban J connectivity index is 1.98. The van der Waals surface area contributed by atoms with Crippen molar-refractivity contribution in [3.63, 3.8) is 0 Å². The Labute approximate surface area is 215 Å². The second kappa shape index (κ2) is 11.2. The van der Waals surface area contributed by atoms with E-state index in [1.165, 1.54) is 0 Å². The van der Waals surface area contributed by atoms with E-state index >= 15 is 4.57 Å². The van der Waals surface area contributed by atoms with Crippen LogP contribution < -0.4 is 15.9 Å². The zero-order chi connectivity index (χ0) is 25.5. The van der Waals surface area contributed by atoms with E-state index < -0.39 is 7.14 Å². The second-order valence-electron chi connectivity index (χ2n) is 8.62. The minimum Gasteiger partial charge on any atom is -0.388 e. The zero-order valence-electron chi connectivity index (χ0n) is 20.9. The first-order valence-electron chi connectivity index (χ1n) is 12.1. The number of fused-ring (bicyclic) bond motifs is 1. The molecule has 2 aliphatic rings. The number of benzene rings is 2. The molecule has 0 amide bonds. The number of hydrogen-bond donors (Lipinski definition) is 1. The highest BCUT2D eigenvalue weighted by Crippen LogP contribution is 2.57. The topological polar surface area (TPSA) is 29.1 Å². The summed E-state index contributed by atoms with van der Waals surface area (Å²) in [5.74, 6) is 0. The van der Waals surface area contributed by atoms with Crippen LogP contribution in [0.15, 0.2) is 145 Å². The van der Waals surface area contributed by atoms with Crippen LogP contribution >= 0.6 is 7.14 Å². The van der Waals surface area contributed by atoms with Crippen molar-refractivity contribution in [3.05, 3.63) is 156 Å². The molecular weight excluding hydrogens is 457 g/mol. The van der Waals surface area contributed by atoms with E-state index in [2.05, 4.69) is 73.1 Å². The molecule has 0 saturated carbocycles. The van der Waals surface area contributed by atoms with Gasteiger partial charge in [0, 0.05) is 28.7 Å². The maximum absolute atomic E-state index is 15.3. The number of rotatable bonds is 6. The highest BCUT2D eigenvalue weighted by atomic mass is 31.2. The average Bonchev–Trinajstić information content (AvgIpc) is 3.24. The van der Waals surface area contributed by atoms with Gasteiger partial charge < -0.3 is 9.88 Å². The van der Waals surface area contributed by atoms with Gasteiger partial charge in [-0.15, -0.1) is 0 Å². The molecule has 0 bridgehead atoms. The lowest BCUT2D eigenvalue weighted by molar-refractivity contribution is 0.591. The van der Waals surface area contributed by atoms with Crippen LogP contribution in [0.3, 0.4) is 0 Å². The summed E-state index contributed by atoms with van der Waals surface area (Å²) in [6, 6.07) is 16.1. The summed E-state index contributed by atoms with van der Waals surface area (Å²) >= 11 is 0. The first kappa shape index (κ1) is 25.2. The predicted molar refractivity (Wildman–Crippen MR) is 158 cm³/mol. The van der Waals surface area contributed by atoms with E-state index in [0.717, 1.165) is 50.6 Å². The van der Waals surface area contributed by atoms with Gasteiger partial charge in [0.05, 0.1) is 0 Å². The van der Waals surface area contributed by atoms with Gasteiger partial charge in [-0.05, 0) is 65.5 Å². The molecule has 2 nitrogen and oxygen atoms in total. The Morgan fingerprint density at radius 2 is 1.94 bits per heavy atom. The van der Waals surface area contributed by atoms with E-state index in [1.54, 1.807) is 6.08 Å². The van der Waals surface area contributed by atoms with Crippen LogP contribution in [0, 0.1) is 0 Å². The standard InChI is InChI=1S/C33H32NOP/c1-5-14-27-22-29(23-30(34-4)15-6-2)32-20-11-12-21-33(32)36(35,25(27)3)31-19-13-18-28(24-31)26-16-9-7-8-10-17-26/h5-7,9-24,34H,1,3,8H2,2,4H3/b15-6-,27-14-,30-23-. The van der Waals surface area contributed by atoms with Crippen LogP contribution in [0.4, 0.5) is 0 Å². The van der Waals surface area contributed by atoms with Crippen molar-refractivity contribution < 1.29 is 4.57 Å². The van der Waals surface area contributed by atoms with Gasteiger partial charge in [-0.3, -0.25) is 0 Å². The quantitative estimate of drug-likeness (QED) is 0.334. The summed E-state index contributed by atoms with van der Waals surface area (Å²) in [6.07, 6.45) is 23.3. The molecule has 0 spiro atoms. The molecule has 1 aliphatic heterocycles. The zero-order valence-corrected chi connectivity index (χ0v) is 21.8. The van der Waals surface area contributed by atoms with Crippen molar-refractivity contribution in [1.82, 2.24) is 5.32 Å². The van der Waals surface area contributed by atoms with Crippen molar-refractivity contribution in [1.29, 1.82) is 0 Å². The molecule has 0 saturated heterocycles. The maximum Gasteiger partial charge on any atom is 0.171 e. The Morgan fingerprint density at radius 3 is 2.72 bits per heavy atom. The van der Waals surface area contributed by atoms with E-state index in [-0.39, 0.29) is 0 Å². The molecule has 0 aromatic heterocycles. The highest BCUT2D eigenvalue weighted by Gasteiger charge is 2.36. The third-order valence-electron chi connectivity index (χ3n) is 6.35. The van der Waals surface area contributed by atoms with Crippen LogP contribution in [0.2, 0.25) is 0 Å². The molecule has 1 aliphatic carbocycles. The fourth-order valence-corrected chi connectivity index (χ4v) is 7.38. The lowest BCUT2D eigenvalue weighted by Gasteiger charge is -2.23. The summed E-state index contributed by atoms with van der Waals surface area (Å²) in [5.41, 5.74) is 5.81. The maximum atomic E-state index is 15.3. The molecule has 2 aromatic carbocycles. The summed E-state index contributed by atoms with van der Waals surface area (Å²) in [5, 5.41) is 5.42. The largest absolute Gasteiger partial charge is 0.388 e. The molecule has 1 heterocycles. The van der Waals surface area contributed by atoms with Gasteiger partial charge in [-0.1, -0.05) is 104 Å². The van der Waals surface area contributed by atoms with E-state index in [0.29, 0.717) is 5.31 Å². The lowest BCUT2D eigenvalue weighted by atomic mass is 10.0. The van der Waals surface area contributed by atoms with Crippen molar-refractivity contribution in [2.45, 2.75) is 13.3 Å². The first-order chi connectivity index (χ1) is 17.5. The Bertz CT molecular complexity index is 1460. The van der Waals surface area contributed by atoms with Crippen LogP contribution in [0.1, 0.15) is 24.5 Å². The number of nitrogens with one attached hydrogen (secondary N) is 1. The van der Waals surface area contributed by atoms with Crippen LogP contribution in [0.5, 0.6) is 0 Å². The Morgan fingerprint density at radius 1 is 1.11 bits per heavy atom. The van der Waals surface area contributed by atoms with Crippen molar-refractivity contribution >= 4 is 28.9 Å². The van der Waals surface area contributed by atoms with Crippen molar-refractivity contribution in [2.24, 2.45) is 0 Å². The minimum absolute atomic E-state index is 0.609. The highest BCUT2D eigenvalue weighted by molar-refractivity contribution is 7.82. The Kier molecular flexibility index (Phi) is 7.88. The molecule has 0 fully saturated rings.